The highest BCUT2D eigenvalue weighted by Crippen LogP contribution is 2.29. The fraction of sp³-hybridized carbons (Fsp3) is 0.714. The van der Waals surface area contributed by atoms with E-state index in [0.717, 1.165) is 29.0 Å². The van der Waals surface area contributed by atoms with E-state index < -0.39 is 0 Å². The second-order valence-corrected chi connectivity index (χ2v) is 6.05. The van der Waals surface area contributed by atoms with Crippen LogP contribution in [0.4, 0.5) is 5.82 Å². The van der Waals surface area contributed by atoms with Gasteiger partial charge in [0.25, 0.3) is 0 Å². The zero-order valence-corrected chi connectivity index (χ0v) is 12.4. The number of aryl methyl sites for hydroxylation is 2. The summed E-state index contributed by atoms with van der Waals surface area (Å²) in [4.78, 5) is 9.01. The second-order valence-electron chi connectivity index (χ2n) is 4.97. The summed E-state index contributed by atoms with van der Waals surface area (Å²) in [5, 5.41) is 4.35. The Morgan fingerprint density at radius 3 is 2.83 bits per heavy atom. The second kappa shape index (κ2) is 6.41. The predicted molar refractivity (Wildman–Crippen MR) is 79.3 cm³/mol. The first-order chi connectivity index (χ1) is 8.72. The highest BCUT2D eigenvalue weighted by atomic mass is 32.2. The van der Waals surface area contributed by atoms with Gasteiger partial charge in [0.1, 0.15) is 11.6 Å². The van der Waals surface area contributed by atoms with Gasteiger partial charge in [-0.25, -0.2) is 9.97 Å². The Bertz CT molecular complexity index is 395. The van der Waals surface area contributed by atoms with Crippen molar-refractivity contribution in [1.82, 2.24) is 9.97 Å². The van der Waals surface area contributed by atoms with Gasteiger partial charge in [0, 0.05) is 29.5 Å². The van der Waals surface area contributed by atoms with Crippen LogP contribution in [0.3, 0.4) is 0 Å². The molecule has 100 valence electrons. The number of hydrogen-bond acceptors (Lipinski definition) is 4. The first kappa shape index (κ1) is 13.7. The summed E-state index contributed by atoms with van der Waals surface area (Å²) in [6.45, 7) is 4.14. The van der Waals surface area contributed by atoms with Crippen LogP contribution in [0.2, 0.25) is 0 Å². The van der Waals surface area contributed by atoms with Gasteiger partial charge in [0.15, 0.2) is 0 Å². The number of nitrogens with zero attached hydrogens (tertiary/aromatic N) is 2. The number of nitrogens with one attached hydrogen (secondary N) is 1. The largest absolute Gasteiger partial charge is 0.366 e. The Balaban J connectivity index is 2.09. The molecule has 1 saturated carbocycles. The van der Waals surface area contributed by atoms with Crippen molar-refractivity contribution in [2.75, 3.05) is 11.6 Å². The molecule has 1 fully saturated rings. The maximum atomic E-state index is 4.58. The Morgan fingerprint density at radius 2 is 2.11 bits per heavy atom. The number of aromatic nitrogens is 2. The molecule has 18 heavy (non-hydrogen) atoms. The average Bonchev–Trinajstić information content (AvgIpc) is 2.38. The summed E-state index contributed by atoms with van der Waals surface area (Å²) < 4.78 is 0. The van der Waals surface area contributed by atoms with Gasteiger partial charge in [0.05, 0.1) is 0 Å². The van der Waals surface area contributed by atoms with E-state index in [4.69, 9.17) is 0 Å². The SMILES string of the molecule is CCc1nc(C)cc(NC2CCCCC2SC)n1. The summed E-state index contributed by atoms with van der Waals surface area (Å²) in [5.74, 6) is 1.94. The number of thioether (sulfide) groups is 1. The highest BCUT2D eigenvalue weighted by Gasteiger charge is 2.24. The van der Waals surface area contributed by atoms with E-state index in [9.17, 15) is 0 Å². The molecule has 0 amide bonds. The number of rotatable bonds is 4. The van der Waals surface area contributed by atoms with Crippen LogP contribution in [0.15, 0.2) is 6.07 Å². The third-order valence-corrected chi connectivity index (χ3v) is 4.73. The van der Waals surface area contributed by atoms with E-state index >= 15 is 0 Å². The Labute approximate surface area is 114 Å². The lowest BCUT2D eigenvalue weighted by Crippen LogP contribution is -2.34. The standard InChI is InChI=1S/C14H23N3S/c1-4-13-15-10(2)9-14(17-13)16-11-7-5-6-8-12(11)18-3/h9,11-12H,4-8H2,1-3H3,(H,15,16,17). The van der Waals surface area contributed by atoms with Crippen LogP contribution in [0.5, 0.6) is 0 Å². The molecular formula is C14H23N3S. The van der Waals surface area contributed by atoms with E-state index in [1.54, 1.807) is 0 Å². The minimum atomic E-state index is 0.563. The van der Waals surface area contributed by atoms with E-state index in [1.165, 1.54) is 25.7 Å². The van der Waals surface area contributed by atoms with Crippen LogP contribution in [0, 0.1) is 6.92 Å². The molecule has 0 radical (unpaired) electrons. The normalized spacial score (nSPS) is 23.9. The van der Waals surface area contributed by atoms with Gasteiger partial charge in [-0.1, -0.05) is 19.8 Å². The maximum absolute atomic E-state index is 4.58. The molecule has 1 N–H and O–H groups in total. The summed E-state index contributed by atoms with van der Waals surface area (Å²) in [7, 11) is 0. The van der Waals surface area contributed by atoms with Crippen molar-refractivity contribution < 1.29 is 0 Å². The molecule has 1 aliphatic rings. The molecule has 0 saturated heterocycles. The molecule has 1 aromatic rings. The van der Waals surface area contributed by atoms with Crippen molar-refractivity contribution in [1.29, 1.82) is 0 Å². The summed E-state index contributed by atoms with van der Waals surface area (Å²) in [6.07, 6.45) is 8.39. The molecule has 0 spiro atoms. The molecule has 2 rings (SSSR count). The van der Waals surface area contributed by atoms with Crippen LogP contribution >= 0.6 is 11.8 Å². The zero-order chi connectivity index (χ0) is 13.0. The highest BCUT2D eigenvalue weighted by molar-refractivity contribution is 7.99. The van der Waals surface area contributed by atoms with Gasteiger partial charge in [-0.15, -0.1) is 0 Å². The van der Waals surface area contributed by atoms with Crippen molar-refractivity contribution in [2.45, 2.75) is 57.2 Å². The quantitative estimate of drug-likeness (QED) is 0.905. The first-order valence-electron chi connectivity index (χ1n) is 6.86. The van der Waals surface area contributed by atoms with Crippen LogP contribution in [0.25, 0.3) is 0 Å². The molecule has 3 nitrogen and oxygen atoms in total. The van der Waals surface area contributed by atoms with E-state index in [1.807, 2.05) is 18.7 Å². The lowest BCUT2D eigenvalue weighted by atomic mass is 9.95. The van der Waals surface area contributed by atoms with Crippen molar-refractivity contribution >= 4 is 17.6 Å². The van der Waals surface area contributed by atoms with E-state index in [0.29, 0.717) is 6.04 Å². The van der Waals surface area contributed by atoms with Crippen molar-refractivity contribution in [3.05, 3.63) is 17.6 Å². The van der Waals surface area contributed by atoms with Gasteiger partial charge < -0.3 is 5.32 Å². The topological polar surface area (TPSA) is 37.8 Å². The molecule has 1 aromatic heterocycles. The third-order valence-electron chi connectivity index (χ3n) is 3.56. The Kier molecular flexibility index (Phi) is 4.87. The molecule has 1 aliphatic carbocycles. The zero-order valence-electron chi connectivity index (χ0n) is 11.6. The first-order valence-corrected chi connectivity index (χ1v) is 8.15. The lowest BCUT2D eigenvalue weighted by Gasteiger charge is -2.31. The Morgan fingerprint density at radius 1 is 1.33 bits per heavy atom. The van der Waals surface area contributed by atoms with Gasteiger partial charge in [-0.3, -0.25) is 0 Å². The summed E-state index contributed by atoms with van der Waals surface area (Å²) in [6, 6.07) is 2.62. The summed E-state index contributed by atoms with van der Waals surface area (Å²) >= 11 is 1.98. The van der Waals surface area contributed by atoms with Gasteiger partial charge >= 0.3 is 0 Å². The van der Waals surface area contributed by atoms with Crippen LogP contribution in [0.1, 0.15) is 44.1 Å². The lowest BCUT2D eigenvalue weighted by molar-refractivity contribution is 0.474. The van der Waals surface area contributed by atoms with E-state index in [2.05, 4.69) is 34.5 Å². The van der Waals surface area contributed by atoms with Crippen molar-refractivity contribution in [3.8, 4) is 0 Å². The maximum Gasteiger partial charge on any atom is 0.130 e. The molecule has 0 aromatic carbocycles. The average molecular weight is 265 g/mol. The van der Waals surface area contributed by atoms with Crippen LogP contribution < -0.4 is 5.32 Å². The number of hydrogen-bond donors (Lipinski definition) is 1. The molecule has 2 atom stereocenters. The molecule has 4 heteroatoms. The monoisotopic (exact) mass is 265 g/mol. The van der Waals surface area contributed by atoms with Gasteiger partial charge in [-0.2, -0.15) is 11.8 Å². The van der Waals surface area contributed by atoms with Gasteiger partial charge in [0.2, 0.25) is 0 Å². The predicted octanol–water partition coefficient (Wildman–Crippen LogP) is 3.43. The Hall–Kier alpha value is -0.770. The summed E-state index contributed by atoms with van der Waals surface area (Å²) in [5.41, 5.74) is 1.06. The molecule has 0 aliphatic heterocycles. The minimum Gasteiger partial charge on any atom is -0.366 e. The molecule has 0 bridgehead atoms. The van der Waals surface area contributed by atoms with Crippen LogP contribution in [-0.2, 0) is 6.42 Å². The number of anilines is 1. The molecule has 1 heterocycles. The van der Waals surface area contributed by atoms with Crippen LogP contribution in [-0.4, -0.2) is 27.5 Å². The molecule has 2 unspecified atom stereocenters. The smallest absolute Gasteiger partial charge is 0.130 e. The minimum absolute atomic E-state index is 0.563. The van der Waals surface area contributed by atoms with Gasteiger partial charge in [-0.05, 0) is 26.0 Å². The fourth-order valence-corrected chi connectivity index (χ4v) is 3.53. The fourth-order valence-electron chi connectivity index (χ4n) is 2.60. The third kappa shape index (κ3) is 3.37. The molecular weight excluding hydrogens is 242 g/mol. The van der Waals surface area contributed by atoms with E-state index in [-0.39, 0.29) is 0 Å². The van der Waals surface area contributed by atoms with Crippen molar-refractivity contribution in [2.24, 2.45) is 0 Å². The van der Waals surface area contributed by atoms with Crippen molar-refractivity contribution in [3.63, 3.8) is 0 Å².